The van der Waals surface area contributed by atoms with Gasteiger partial charge in [-0.2, -0.15) is 0 Å². The van der Waals surface area contributed by atoms with E-state index >= 15 is 0 Å². The molecule has 0 aliphatic carbocycles. The average molecular weight is 470 g/mol. The molecule has 4 rings (SSSR count). The minimum absolute atomic E-state index is 0.155. The molecule has 0 amide bonds. The first kappa shape index (κ1) is 21.4. The minimum Gasteiger partial charge on any atom is -0.493 e. The molecule has 29 heavy (non-hydrogen) atoms. The van der Waals surface area contributed by atoms with Crippen molar-refractivity contribution >= 4 is 15.9 Å². The predicted molar refractivity (Wildman–Crippen MR) is 114 cm³/mol. The number of piperidine rings is 1. The van der Waals surface area contributed by atoms with Crippen molar-refractivity contribution in [2.75, 3.05) is 33.4 Å². The highest BCUT2D eigenvalue weighted by Gasteiger charge is 2.41. The molecule has 0 spiro atoms. The van der Waals surface area contributed by atoms with Gasteiger partial charge in [-0.1, -0.05) is 0 Å². The fourth-order valence-electron chi connectivity index (χ4n) is 4.50. The van der Waals surface area contributed by atoms with Gasteiger partial charge in [-0.05, 0) is 66.7 Å². The Morgan fingerprint density at radius 3 is 2.72 bits per heavy atom. The topological polar surface area (TPSA) is 60.4 Å². The Balaban J connectivity index is 1.57. The number of fused-ring (bicyclic) bond motifs is 3. The normalized spacial score (nSPS) is 29.6. The van der Waals surface area contributed by atoms with Crippen molar-refractivity contribution in [3.63, 3.8) is 0 Å². The molecule has 2 fully saturated rings. The van der Waals surface area contributed by atoms with Crippen LogP contribution in [0.3, 0.4) is 0 Å². The molecule has 1 aromatic carbocycles. The van der Waals surface area contributed by atoms with Gasteiger partial charge in [-0.3, -0.25) is 4.90 Å². The van der Waals surface area contributed by atoms with Crippen LogP contribution in [-0.4, -0.2) is 67.3 Å². The van der Waals surface area contributed by atoms with Crippen LogP contribution in [0.25, 0.3) is 0 Å². The van der Waals surface area contributed by atoms with Crippen LogP contribution in [0.2, 0.25) is 0 Å². The highest BCUT2D eigenvalue weighted by atomic mass is 79.9. The summed E-state index contributed by atoms with van der Waals surface area (Å²) in [7, 11) is 1.67. The molecule has 0 saturated carbocycles. The Bertz CT molecular complexity index is 746. The molecule has 0 aromatic heterocycles. The number of hydrogen-bond donors (Lipinski definition) is 1. The predicted octanol–water partition coefficient (Wildman–Crippen LogP) is 3.47. The van der Waals surface area contributed by atoms with Crippen molar-refractivity contribution in [1.82, 2.24) is 4.90 Å². The van der Waals surface area contributed by atoms with Crippen LogP contribution in [0.4, 0.5) is 0 Å². The van der Waals surface area contributed by atoms with E-state index in [1.807, 2.05) is 20.8 Å². The summed E-state index contributed by atoms with van der Waals surface area (Å²) in [5, 5.41) is 10.8. The fraction of sp³-hybridized carbons (Fsp3) is 0.727. The van der Waals surface area contributed by atoms with Crippen LogP contribution in [-0.2, 0) is 15.9 Å². The Labute approximate surface area is 181 Å². The van der Waals surface area contributed by atoms with E-state index in [0.29, 0.717) is 13.0 Å². The van der Waals surface area contributed by atoms with Gasteiger partial charge in [0, 0.05) is 32.2 Å². The molecule has 1 aromatic rings. The third-order valence-electron chi connectivity index (χ3n) is 6.01. The minimum atomic E-state index is -0.488. The lowest BCUT2D eigenvalue weighted by molar-refractivity contribution is -0.149. The number of hydrogen-bond acceptors (Lipinski definition) is 6. The van der Waals surface area contributed by atoms with Crippen molar-refractivity contribution in [1.29, 1.82) is 0 Å². The van der Waals surface area contributed by atoms with Crippen LogP contribution < -0.4 is 9.47 Å². The second-order valence-electron chi connectivity index (χ2n) is 9.21. The smallest absolute Gasteiger partial charge is 0.175 e. The van der Waals surface area contributed by atoms with Gasteiger partial charge in [-0.15, -0.1) is 0 Å². The number of nitrogens with zero attached hydrogens (tertiary/aromatic N) is 1. The Morgan fingerprint density at radius 1 is 1.34 bits per heavy atom. The molecule has 3 aliphatic rings. The van der Waals surface area contributed by atoms with Crippen LogP contribution >= 0.6 is 15.9 Å². The van der Waals surface area contributed by atoms with Gasteiger partial charge in [0.15, 0.2) is 11.5 Å². The Kier molecular flexibility index (Phi) is 6.15. The van der Waals surface area contributed by atoms with E-state index in [-0.39, 0.29) is 23.9 Å². The van der Waals surface area contributed by atoms with E-state index in [1.54, 1.807) is 7.11 Å². The molecule has 162 valence electrons. The van der Waals surface area contributed by atoms with Crippen molar-refractivity contribution in [3.05, 3.63) is 21.7 Å². The molecule has 1 N–H and O–H groups in total. The van der Waals surface area contributed by atoms with Crippen molar-refractivity contribution < 1.29 is 24.1 Å². The standard InChI is InChI=1S/C22H32BrNO5/c1-22(2,3)29-19-11-24-7-5-14-15(16(24)10-17(19)25)9-18(26-4)21(20(14)23)28-12-13-6-8-27-13/h9,13,16-17,19,25H,5-8,10-12H2,1-4H3/t13-,16+,17+,19+/m0/s1. The summed E-state index contributed by atoms with van der Waals surface area (Å²) >= 11 is 3.78. The Hall–Kier alpha value is -0.860. The summed E-state index contributed by atoms with van der Waals surface area (Å²) in [6.45, 7) is 9.13. The molecule has 2 saturated heterocycles. The molecule has 6 nitrogen and oxygen atoms in total. The second-order valence-corrected chi connectivity index (χ2v) is 10.0. The van der Waals surface area contributed by atoms with E-state index in [4.69, 9.17) is 18.9 Å². The highest BCUT2D eigenvalue weighted by molar-refractivity contribution is 9.10. The van der Waals surface area contributed by atoms with Crippen LogP contribution in [0.1, 0.15) is 50.8 Å². The molecule has 7 heteroatoms. The van der Waals surface area contributed by atoms with E-state index < -0.39 is 6.10 Å². The van der Waals surface area contributed by atoms with Gasteiger partial charge in [-0.25, -0.2) is 0 Å². The zero-order chi connectivity index (χ0) is 20.8. The maximum atomic E-state index is 10.8. The number of benzene rings is 1. The van der Waals surface area contributed by atoms with Crippen molar-refractivity contribution in [2.24, 2.45) is 0 Å². The lowest BCUT2D eigenvalue weighted by Gasteiger charge is -2.47. The van der Waals surface area contributed by atoms with Crippen molar-refractivity contribution in [3.8, 4) is 11.5 Å². The van der Waals surface area contributed by atoms with Gasteiger partial charge >= 0.3 is 0 Å². The van der Waals surface area contributed by atoms with Crippen LogP contribution in [0, 0.1) is 0 Å². The largest absolute Gasteiger partial charge is 0.493 e. The Morgan fingerprint density at radius 2 is 2.10 bits per heavy atom. The summed E-state index contributed by atoms with van der Waals surface area (Å²) in [5.74, 6) is 1.47. The fourth-order valence-corrected chi connectivity index (χ4v) is 5.24. The summed E-state index contributed by atoms with van der Waals surface area (Å²) in [5.41, 5.74) is 2.19. The summed E-state index contributed by atoms with van der Waals surface area (Å²) in [6.07, 6.45) is 2.13. The van der Waals surface area contributed by atoms with Gasteiger partial charge in [0.25, 0.3) is 0 Å². The summed E-state index contributed by atoms with van der Waals surface area (Å²) in [6, 6.07) is 2.24. The zero-order valence-corrected chi connectivity index (χ0v) is 19.3. The first-order valence-electron chi connectivity index (χ1n) is 10.5. The van der Waals surface area contributed by atoms with Crippen LogP contribution in [0.5, 0.6) is 11.5 Å². The zero-order valence-electron chi connectivity index (χ0n) is 17.7. The summed E-state index contributed by atoms with van der Waals surface area (Å²) in [4.78, 5) is 2.43. The lowest BCUT2D eigenvalue weighted by Crippen LogP contribution is -2.53. The maximum absolute atomic E-state index is 10.8. The molecule has 0 bridgehead atoms. The number of rotatable bonds is 5. The maximum Gasteiger partial charge on any atom is 0.175 e. The van der Waals surface area contributed by atoms with E-state index in [9.17, 15) is 5.11 Å². The molecule has 0 unspecified atom stereocenters. The molecular weight excluding hydrogens is 438 g/mol. The number of aliphatic hydroxyl groups excluding tert-OH is 1. The number of methoxy groups -OCH3 is 1. The quantitative estimate of drug-likeness (QED) is 0.712. The van der Waals surface area contributed by atoms with E-state index in [1.165, 1.54) is 11.1 Å². The molecule has 0 radical (unpaired) electrons. The van der Waals surface area contributed by atoms with Gasteiger partial charge in [0.2, 0.25) is 0 Å². The molecular formula is C22H32BrNO5. The third kappa shape index (κ3) is 4.44. The monoisotopic (exact) mass is 469 g/mol. The number of ether oxygens (including phenoxy) is 4. The second kappa shape index (κ2) is 8.35. The van der Waals surface area contributed by atoms with Gasteiger partial charge < -0.3 is 24.1 Å². The van der Waals surface area contributed by atoms with E-state index in [0.717, 1.165) is 48.5 Å². The third-order valence-corrected chi connectivity index (χ3v) is 6.85. The SMILES string of the molecule is COc1cc2c(c(Br)c1OC[C@@H]1CCO1)CCN1C[C@@H](OC(C)(C)C)[C@H](O)C[C@H]21. The lowest BCUT2D eigenvalue weighted by atomic mass is 9.84. The van der Waals surface area contributed by atoms with Crippen molar-refractivity contribution in [2.45, 2.75) is 70.0 Å². The van der Waals surface area contributed by atoms with Crippen LogP contribution in [0.15, 0.2) is 10.5 Å². The van der Waals surface area contributed by atoms with Gasteiger partial charge in [0.1, 0.15) is 6.61 Å². The number of aliphatic hydroxyl groups is 1. The first-order chi connectivity index (χ1) is 13.8. The first-order valence-corrected chi connectivity index (χ1v) is 11.3. The van der Waals surface area contributed by atoms with E-state index in [2.05, 4.69) is 26.9 Å². The highest BCUT2D eigenvalue weighted by Crippen LogP contribution is 2.47. The molecule has 4 atom stereocenters. The average Bonchev–Trinajstić information content (AvgIpc) is 2.61. The summed E-state index contributed by atoms with van der Waals surface area (Å²) < 4.78 is 24.3. The van der Waals surface area contributed by atoms with Gasteiger partial charge in [0.05, 0.1) is 35.5 Å². The molecule has 3 heterocycles. The number of halogens is 1. The molecule has 3 aliphatic heterocycles.